The largest absolute Gasteiger partial charge is 0.449 e. The van der Waals surface area contributed by atoms with Gasteiger partial charge >= 0.3 is 5.97 Å². The molecule has 0 spiro atoms. The van der Waals surface area contributed by atoms with Gasteiger partial charge in [-0.3, -0.25) is 9.59 Å². The number of thiophene rings is 1. The minimum absolute atomic E-state index is 0.207. The summed E-state index contributed by atoms with van der Waals surface area (Å²) in [5, 5.41) is 4.59. The first kappa shape index (κ1) is 21.3. The van der Waals surface area contributed by atoms with E-state index in [2.05, 4.69) is 5.32 Å². The zero-order valence-corrected chi connectivity index (χ0v) is 17.5. The second-order valence-corrected chi connectivity index (χ2v) is 7.68. The summed E-state index contributed by atoms with van der Waals surface area (Å²) in [6.45, 7) is 1.98. The zero-order valence-electron chi connectivity index (χ0n) is 16.7. The number of likely N-dealkylation sites (N-methyl/N-ethyl adjacent to an activating group) is 1. The van der Waals surface area contributed by atoms with Crippen LogP contribution in [0.2, 0.25) is 0 Å². The second kappa shape index (κ2) is 9.84. The lowest BCUT2D eigenvalue weighted by molar-refractivity contribution is -0.139. The van der Waals surface area contributed by atoms with Crippen LogP contribution in [0.1, 0.15) is 32.5 Å². The van der Waals surface area contributed by atoms with E-state index in [-0.39, 0.29) is 11.8 Å². The van der Waals surface area contributed by atoms with Crippen molar-refractivity contribution in [3.05, 3.63) is 88.1 Å². The molecule has 1 unspecified atom stereocenters. The second-order valence-electron chi connectivity index (χ2n) is 6.74. The van der Waals surface area contributed by atoms with Gasteiger partial charge in [-0.1, -0.05) is 36.4 Å². The molecule has 3 aromatic rings. The molecule has 154 valence electrons. The number of hydrogen-bond acceptors (Lipinski definition) is 5. The van der Waals surface area contributed by atoms with Crippen molar-refractivity contribution in [2.45, 2.75) is 19.6 Å². The third kappa shape index (κ3) is 5.55. The van der Waals surface area contributed by atoms with Crippen molar-refractivity contribution >= 4 is 34.8 Å². The molecule has 1 N–H and O–H groups in total. The fourth-order valence-electron chi connectivity index (χ4n) is 2.81. The Hall–Kier alpha value is -3.45. The van der Waals surface area contributed by atoms with Gasteiger partial charge in [0.1, 0.15) is 0 Å². The van der Waals surface area contributed by atoms with Crippen LogP contribution in [-0.2, 0) is 16.1 Å². The van der Waals surface area contributed by atoms with E-state index in [4.69, 9.17) is 4.74 Å². The van der Waals surface area contributed by atoms with Crippen LogP contribution >= 0.6 is 11.3 Å². The molecule has 1 atom stereocenters. The van der Waals surface area contributed by atoms with E-state index < -0.39 is 12.1 Å². The molecule has 0 bridgehead atoms. The summed E-state index contributed by atoms with van der Waals surface area (Å²) in [7, 11) is 1.67. The lowest BCUT2D eigenvalue weighted by atomic mass is 10.2. The van der Waals surface area contributed by atoms with Gasteiger partial charge in [0.25, 0.3) is 11.8 Å². The fraction of sp³-hybridized carbons (Fsp3) is 0.174. The van der Waals surface area contributed by atoms with E-state index in [9.17, 15) is 14.4 Å². The first-order chi connectivity index (χ1) is 14.4. The molecule has 0 aliphatic heterocycles. The van der Waals surface area contributed by atoms with E-state index in [1.54, 1.807) is 50.4 Å². The quantitative estimate of drug-likeness (QED) is 0.579. The Bertz CT molecular complexity index is 1000. The maximum absolute atomic E-state index is 12.5. The number of esters is 1. The van der Waals surface area contributed by atoms with E-state index in [0.29, 0.717) is 22.7 Å². The van der Waals surface area contributed by atoms with Gasteiger partial charge in [0.2, 0.25) is 0 Å². The molecule has 2 aromatic carbocycles. The van der Waals surface area contributed by atoms with Gasteiger partial charge in [0.15, 0.2) is 6.10 Å². The summed E-state index contributed by atoms with van der Waals surface area (Å²) >= 11 is 1.35. The summed E-state index contributed by atoms with van der Waals surface area (Å²) in [5.41, 5.74) is 1.86. The van der Waals surface area contributed by atoms with Crippen LogP contribution in [0, 0.1) is 0 Å². The number of carbonyl (C=O) groups is 3. The minimum Gasteiger partial charge on any atom is -0.449 e. The Morgan fingerprint density at radius 2 is 1.70 bits per heavy atom. The van der Waals surface area contributed by atoms with Crippen LogP contribution in [0.4, 0.5) is 5.69 Å². The van der Waals surface area contributed by atoms with Gasteiger partial charge in [-0.15, -0.1) is 11.3 Å². The normalized spacial score (nSPS) is 11.4. The van der Waals surface area contributed by atoms with Crippen LogP contribution in [0.15, 0.2) is 72.1 Å². The van der Waals surface area contributed by atoms with Gasteiger partial charge in [-0.2, -0.15) is 0 Å². The minimum atomic E-state index is -0.913. The number of nitrogens with zero attached hydrogens (tertiary/aromatic N) is 1. The summed E-state index contributed by atoms with van der Waals surface area (Å²) in [6, 6.07) is 19.5. The SMILES string of the molecule is CC(OC(=O)c1ccc(NC(=O)c2cccs2)cc1)C(=O)N(C)Cc1ccccc1. The lowest BCUT2D eigenvalue weighted by Crippen LogP contribution is -2.37. The average molecular weight is 423 g/mol. The molecule has 30 heavy (non-hydrogen) atoms. The number of amides is 2. The maximum Gasteiger partial charge on any atom is 0.338 e. The van der Waals surface area contributed by atoms with Gasteiger partial charge in [-0.25, -0.2) is 4.79 Å². The molecular weight excluding hydrogens is 400 g/mol. The number of ether oxygens (including phenoxy) is 1. The molecule has 0 fully saturated rings. The van der Waals surface area contributed by atoms with Gasteiger partial charge in [0.05, 0.1) is 10.4 Å². The van der Waals surface area contributed by atoms with E-state index in [1.165, 1.54) is 16.2 Å². The first-order valence-corrected chi connectivity index (χ1v) is 10.3. The molecule has 0 aliphatic carbocycles. The number of carbonyl (C=O) groups excluding carboxylic acids is 3. The van der Waals surface area contributed by atoms with Gasteiger partial charge in [-0.05, 0) is 48.2 Å². The molecule has 0 saturated carbocycles. The van der Waals surface area contributed by atoms with Crippen LogP contribution in [0.5, 0.6) is 0 Å². The summed E-state index contributed by atoms with van der Waals surface area (Å²) in [4.78, 5) is 39.1. The number of benzene rings is 2. The Kier molecular flexibility index (Phi) is 6.98. The molecule has 3 rings (SSSR count). The molecule has 1 aromatic heterocycles. The number of hydrogen-bond donors (Lipinski definition) is 1. The highest BCUT2D eigenvalue weighted by Gasteiger charge is 2.22. The predicted octanol–water partition coefficient (Wildman–Crippen LogP) is 4.20. The third-order valence-electron chi connectivity index (χ3n) is 4.39. The van der Waals surface area contributed by atoms with Crippen molar-refractivity contribution in [3.8, 4) is 0 Å². The lowest BCUT2D eigenvalue weighted by Gasteiger charge is -2.21. The monoisotopic (exact) mass is 422 g/mol. The van der Waals surface area contributed by atoms with Crippen LogP contribution < -0.4 is 5.32 Å². The van der Waals surface area contributed by atoms with E-state index in [1.807, 2.05) is 35.7 Å². The molecule has 0 aliphatic rings. The Morgan fingerprint density at radius 3 is 2.33 bits per heavy atom. The maximum atomic E-state index is 12.5. The summed E-state index contributed by atoms with van der Waals surface area (Å²) in [6.07, 6.45) is -0.913. The Morgan fingerprint density at radius 1 is 1.00 bits per heavy atom. The van der Waals surface area contributed by atoms with Crippen molar-refractivity contribution in [2.24, 2.45) is 0 Å². The molecule has 2 amide bonds. The van der Waals surface area contributed by atoms with Crippen molar-refractivity contribution in [1.29, 1.82) is 0 Å². The molecule has 0 radical (unpaired) electrons. The highest BCUT2D eigenvalue weighted by molar-refractivity contribution is 7.12. The molecule has 1 heterocycles. The van der Waals surface area contributed by atoms with Crippen LogP contribution in [-0.4, -0.2) is 35.8 Å². The first-order valence-electron chi connectivity index (χ1n) is 9.39. The van der Waals surface area contributed by atoms with Crippen LogP contribution in [0.25, 0.3) is 0 Å². The van der Waals surface area contributed by atoms with Crippen molar-refractivity contribution < 1.29 is 19.1 Å². The number of rotatable bonds is 7. The molecule has 7 heteroatoms. The van der Waals surface area contributed by atoms with E-state index >= 15 is 0 Å². The average Bonchev–Trinajstić information content (AvgIpc) is 3.29. The van der Waals surface area contributed by atoms with Gasteiger partial charge in [0, 0.05) is 19.3 Å². The van der Waals surface area contributed by atoms with Crippen molar-refractivity contribution in [2.75, 3.05) is 12.4 Å². The Labute approximate surface area is 179 Å². The van der Waals surface area contributed by atoms with Gasteiger partial charge < -0.3 is 15.0 Å². The highest BCUT2D eigenvalue weighted by Crippen LogP contribution is 2.15. The summed E-state index contributed by atoms with van der Waals surface area (Å²) < 4.78 is 5.32. The van der Waals surface area contributed by atoms with Crippen LogP contribution in [0.3, 0.4) is 0 Å². The summed E-state index contributed by atoms with van der Waals surface area (Å²) in [5.74, 6) is -1.09. The highest BCUT2D eigenvalue weighted by atomic mass is 32.1. The Balaban J connectivity index is 1.54. The topological polar surface area (TPSA) is 75.7 Å². The van der Waals surface area contributed by atoms with Crippen molar-refractivity contribution in [3.63, 3.8) is 0 Å². The predicted molar refractivity (Wildman–Crippen MR) is 117 cm³/mol. The molecule has 0 saturated heterocycles. The molecular formula is C23H22N2O4S. The smallest absolute Gasteiger partial charge is 0.338 e. The standard InChI is InChI=1S/C23H22N2O4S/c1-16(22(27)25(2)15-17-7-4-3-5-8-17)29-23(28)18-10-12-19(13-11-18)24-21(26)20-9-6-14-30-20/h3-14,16H,15H2,1-2H3,(H,24,26). The third-order valence-corrected chi connectivity index (χ3v) is 5.26. The van der Waals surface area contributed by atoms with Crippen molar-refractivity contribution in [1.82, 2.24) is 4.90 Å². The number of nitrogens with one attached hydrogen (secondary N) is 1. The number of anilines is 1. The molecule has 6 nitrogen and oxygen atoms in total. The zero-order chi connectivity index (χ0) is 21.5. The van der Waals surface area contributed by atoms with E-state index in [0.717, 1.165) is 5.56 Å². The fourth-order valence-corrected chi connectivity index (χ4v) is 3.43.